The van der Waals surface area contributed by atoms with E-state index in [4.69, 9.17) is 9.47 Å². The molecule has 0 atom stereocenters. The highest BCUT2D eigenvalue weighted by Crippen LogP contribution is 2.39. The second kappa shape index (κ2) is 7.88. The molecule has 7 heteroatoms. The van der Waals surface area contributed by atoms with E-state index in [1.807, 2.05) is 25.1 Å². The Balaban J connectivity index is 0.00000288. The second-order valence-electron chi connectivity index (χ2n) is 5.18. The number of aromatic nitrogens is 2. The molecule has 0 bridgehead atoms. The van der Waals surface area contributed by atoms with Gasteiger partial charge < -0.3 is 27.0 Å². The predicted molar refractivity (Wildman–Crippen MR) is 87.7 cm³/mol. The Morgan fingerprint density at radius 2 is 1.79 bits per heavy atom. The first-order valence-electron chi connectivity index (χ1n) is 7.09. The van der Waals surface area contributed by atoms with E-state index in [-0.39, 0.29) is 29.6 Å². The summed E-state index contributed by atoms with van der Waals surface area (Å²) >= 11 is 0. The number of nitrogens with zero attached hydrogens (tertiary/aromatic N) is 2. The Hall–Kier alpha value is -2.47. The number of ether oxygens (including phenoxy) is 2. The highest BCUT2D eigenvalue weighted by molar-refractivity contribution is 5.74. The Kier molecular flexibility index (Phi) is 6.42. The van der Waals surface area contributed by atoms with Gasteiger partial charge in [0, 0.05) is 11.6 Å². The molecular formula is C17H21ClN2O4. The fraction of sp³-hybridized carbons (Fsp3) is 0.294. The summed E-state index contributed by atoms with van der Waals surface area (Å²) in [6.07, 6.45) is 3.64. The fourth-order valence-corrected chi connectivity index (χ4v) is 2.34. The predicted octanol–water partition coefficient (Wildman–Crippen LogP) is -1.58. The third-order valence-corrected chi connectivity index (χ3v) is 3.81. The number of hydrogen-bond donors (Lipinski definition) is 1. The van der Waals surface area contributed by atoms with Crippen LogP contribution in [0.25, 0.3) is 12.2 Å². The van der Waals surface area contributed by atoms with Gasteiger partial charge in [0.15, 0.2) is 11.5 Å². The van der Waals surface area contributed by atoms with Crippen molar-refractivity contribution in [2.45, 2.75) is 6.92 Å². The second-order valence-corrected chi connectivity index (χ2v) is 5.18. The Morgan fingerprint density at radius 1 is 1.17 bits per heavy atom. The van der Waals surface area contributed by atoms with Gasteiger partial charge in [-0.15, -0.1) is 0 Å². The highest BCUT2D eigenvalue weighted by Gasteiger charge is 2.14. The molecule has 1 aromatic heterocycles. The third-order valence-electron chi connectivity index (χ3n) is 3.81. The van der Waals surface area contributed by atoms with Crippen LogP contribution in [0.1, 0.15) is 17.0 Å². The van der Waals surface area contributed by atoms with Crippen molar-refractivity contribution >= 4 is 12.2 Å². The van der Waals surface area contributed by atoms with Crippen molar-refractivity contribution in [1.82, 2.24) is 4.57 Å². The Bertz CT molecular complexity index is 828. The molecular weight excluding hydrogens is 332 g/mol. The van der Waals surface area contributed by atoms with Gasteiger partial charge in [0.2, 0.25) is 5.75 Å². The molecule has 0 fully saturated rings. The molecule has 2 rings (SSSR count). The number of phenolic OH excluding ortho intramolecular Hbond substituents is 1. The molecule has 0 amide bonds. The Labute approximate surface area is 147 Å². The average molecular weight is 353 g/mol. The minimum atomic E-state index is -0.0973. The van der Waals surface area contributed by atoms with Crippen LogP contribution in [-0.4, -0.2) is 23.9 Å². The standard InChI is InChI=1S/C17H20N2O4.ClH/c1-11-10-13(19(3)17(21)18(11)2)8-6-12-7-9-14(20)16(23-5)15(12)22-4;/h6-10H,1-5H3;1H. The SMILES string of the molecule is COc1c(O)ccc(/C=C/c2cc(C)n(C)c(=O)[n+]2C)c1OC.[Cl-]. The first-order valence-corrected chi connectivity index (χ1v) is 7.09. The van der Waals surface area contributed by atoms with Crippen LogP contribution in [0.3, 0.4) is 0 Å². The zero-order chi connectivity index (χ0) is 17.1. The number of methoxy groups -OCH3 is 2. The van der Waals surface area contributed by atoms with Gasteiger partial charge in [-0.25, -0.2) is 0 Å². The molecule has 24 heavy (non-hydrogen) atoms. The summed E-state index contributed by atoms with van der Waals surface area (Å²) in [5.41, 5.74) is 2.27. The summed E-state index contributed by atoms with van der Waals surface area (Å²) in [6.45, 7) is 1.88. The molecule has 0 aliphatic rings. The largest absolute Gasteiger partial charge is 1.00 e. The third kappa shape index (κ3) is 3.54. The van der Waals surface area contributed by atoms with Crippen LogP contribution in [-0.2, 0) is 14.1 Å². The zero-order valence-corrected chi connectivity index (χ0v) is 15.1. The minimum absolute atomic E-state index is 0. The summed E-state index contributed by atoms with van der Waals surface area (Å²) in [5, 5.41) is 9.80. The van der Waals surface area contributed by atoms with Gasteiger partial charge in [0.25, 0.3) is 0 Å². The lowest BCUT2D eigenvalue weighted by Crippen LogP contribution is -3.00. The first-order chi connectivity index (χ1) is 10.9. The van der Waals surface area contributed by atoms with Gasteiger partial charge in [-0.1, -0.05) is 0 Å². The number of hydrogen-bond acceptors (Lipinski definition) is 4. The first kappa shape index (κ1) is 19.6. The average Bonchev–Trinajstić information content (AvgIpc) is 2.55. The van der Waals surface area contributed by atoms with Crippen molar-refractivity contribution in [3.63, 3.8) is 0 Å². The van der Waals surface area contributed by atoms with Crippen LogP contribution in [0, 0.1) is 6.92 Å². The smallest absolute Gasteiger partial charge is 0.498 e. The van der Waals surface area contributed by atoms with E-state index in [1.54, 1.807) is 29.3 Å². The molecule has 1 N–H and O–H groups in total. The Morgan fingerprint density at radius 3 is 2.38 bits per heavy atom. The summed E-state index contributed by atoms with van der Waals surface area (Å²) < 4.78 is 13.6. The molecule has 0 unspecified atom stereocenters. The monoisotopic (exact) mass is 352 g/mol. The van der Waals surface area contributed by atoms with Crippen molar-refractivity contribution in [2.75, 3.05) is 14.2 Å². The molecule has 1 heterocycles. The fourth-order valence-electron chi connectivity index (χ4n) is 2.34. The molecule has 0 saturated heterocycles. The molecule has 0 radical (unpaired) electrons. The van der Waals surface area contributed by atoms with Gasteiger partial charge in [-0.2, -0.15) is 13.9 Å². The van der Waals surface area contributed by atoms with E-state index < -0.39 is 0 Å². The summed E-state index contributed by atoms with van der Waals surface area (Å²) in [4.78, 5) is 12.1. The van der Waals surface area contributed by atoms with Gasteiger partial charge in [0.1, 0.15) is 11.4 Å². The van der Waals surface area contributed by atoms with Crippen LogP contribution in [0.15, 0.2) is 23.0 Å². The lowest BCUT2D eigenvalue weighted by molar-refractivity contribution is -0.692. The van der Waals surface area contributed by atoms with Crippen LogP contribution < -0.4 is 32.1 Å². The summed E-state index contributed by atoms with van der Waals surface area (Å²) in [5.74, 6) is 0.725. The number of benzene rings is 1. The van der Waals surface area contributed by atoms with Gasteiger partial charge in [-0.3, -0.25) is 0 Å². The van der Waals surface area contributed by atoms with Crippen LogP contribution in [0.5, 0.6) is 17.2 Å². The minimum Gasteiger partial charge on any atom is -1.00 e. The number of rotatable bonds is 4. The summed E-state index contributed by atoms with van der Waals surface area (Å²) in [6, 6.07) is 5.18. The quantitative estimate of drug-likeness (QED) is 0.674. The lowest BCUT2D eigenvalue weighted by atomic mass is 10.1. The molecule has 2 aromatic rings. The van der Waals surface area contributed by atoms with Crippen molar-refractivity contribution in [3.05, 3.63) is 45.6 Å². The maximum Gasteiger partial charge on any atom is 0.498 e. The van der Waals surface area contributed by atoms with E-state index in [9.17, 15) is 9.90 Å². The van der Waals surface area contributed by atoms with E-state index >= 15 is 0 Å². The van der Waals surface area contributed by atoms with Crippen molar-refractivity contribution in [2.24, 2.45) is 14.1 Å². The number of phenols is 1. The molecule has 6 nitrogen and oxygen atoms in total. The van der Waals surface area contributed by atoms with Crippen LogP contribution >= 0.6 is 0 Å². The van der Waals surface area contributed by atoms with Crippen molar-refractivity contribution in [1.29, 1.82) is 0 Å². The van der Waals surface area contributed by atoms with E-state index in [0.717, 1.165) is 17.0 Å². The normalized spacial score (nSPS) is 10.5. The maximum atomic E-state index is 12.1. The van der Waals surface area contributed by atoms with Gasteiger partial charge in [0.05, 0.1) is 28.3 Å². The molecule has 0 aliphatic heterocycles. The molecule has 0 saturated carbocycles. The molecule has 0 spiro atoms. The van der Waals surface area contributed by atoms with Crippen molar-refractivity contribution in [3.8, 4) is 17.2 Å². The molecule has 1 aromatic carbocycles. The number of halogens is 1. The zero-order valence-electron chi connectivity index (χ0n) is 14.3. The van der Waals surface area contributed by atoms with Crippen LogP contribution in [0.2, 0.25) is 0 Å². The topological polar surface area (TPSA) is 64.6 Å². The lowest BCUT2D eigenvalue weighted by Gasteiger charge is -2.11. The van der Waals surface area contributed by atoms with Gasteiger partial charge >= 0.3 is 5.69 Å². The number of aromatic hydroxyl groups is 1. The van der Waals surface area contributed by atoms with Crippen LogP contribution in [0.4, 0.5) is 0 Å². The highest BCUT2D eigenvalue weighted by atomic mass is 35.5. The van der Waals surface area contributed by atoms with E-state index in [0.29, 0.717) is 5.75 Å². The van der Waals surface area contributed by atoms with Crippen molar-refractivity contribution < 1.29 is 31.6 Å². The van der Waals surface area contributed by atoms with Gasteiger partial charge in [-0.05, 0) is 31.2 Å². The summed E-state index contributed by atoms with van der Waals surface area (Å²) in [7, 11) is 6.43. The maximum absolute atomic E-state index is 12.1. The molecule has 130 valence electrons. The molecule has 0 aliphatic carbocycles. The van der Waals surface area contributed by atoms with E-state index in [1.165, 1.54) is 20.3 Å². The van der Waals surface area contributed by atoms with E-state index in [2.05, 4.69) is 0 Å². The number of aryl methyl sites for hydroxylation is 1.